The van der Waals surface area contributed by atoms with Crippen molar-refractivity contribution in [2.45, 2.75) is 12.8 Å². The number of nitrogens with zero attached hydrogens (tertiary/aromatic N) is 3. The second-order valence-corrected chi connectivity index (χ2v) is 6.15. The topological polar surface area (TPSA) is 49.1 Å². The fourth-order valence-corrected chi connectivity index (χ4v) is 3.26. The molecule has 0 N–H and O–H groups in total. The summed E-state index contributed by atoms with van der Waals surface area (Å²) in [5, 5.41) is 10.9. The third-order valence-electron chi connectivity index (χ3n) is 4.12. The molecule has 1 aliphatic heterocycles. The maximum atomic E-state index is 9.43. The maximum absolute atomic E-state index is 9.43. The summed E-state index contributed by atoms with van der Waals surface area (Å²) in [6.45, 7) is 2.66. The lowest BCUT2D eigenvalue weighted by molar-refractivity contribution is 0.143. The van der Waals surface area contributed by atoms with Crippen LogP contribution in [0.2, 0.25) is 5.02 Å². The zero-order valence-corrected chi connectivity index (χ0v) is 13.3. The van der Waals surface area contributed by atoms with Crippen LogP contribution in [0.25, 0.3) is 10.9 Å². The van der Waals surface area contributed by atoms with Gasteiger partial charge >= 0.3 is 0 Å². The van der Waals surface area contributed by atoms with E-state index in [9.17, 15) is 5.26 Å². The molecular weight excluding hydrogens is 298 g/mol. The molecule has 114 valence electrons. The van der Waals surface area contributed by atoms with Crippen LogP contribution in [-0.2, 0) is 4.74 Å². The molecule has 22 heavy (non-hydrogen) atoms. The Labute approximate surface area is 135 Å². The van der Waals surface area contributed by atoms with E-state index in [1.165, 1.54) is 6.42 Å². The molecule has 0 radical (unpaired) electrons. The summed E-state index contributed by atoms with van der Waals surface area (Å²) in [6, 6.07) is 9.62. The molecule has 5 heteroatoms. The Kier molecular flexibility index (Phi) is 4.47. The summed E-state index contributed by atoms with van der Waals surface area (Å²) in [5.41, 5.74) is 1.43. The van der Waals surface area contributed by atoms with Gasteiger partial charge in [-0.1, -0.05) is 11.6 Å². The Morgan fingerprint density at radius 2 is 2.32 bits per heavy atom. The molecule has 1 aliphatic rings. The summed E-state index contributed by atoms with van der Waals surface area (Å²) in [4.78, 5) is 6.97. The van der Waals surface area contributed by atoms with Crippen LogP contribution in [0.4, 0.5) is 5.82 Å². The number of hydrogen-bond donors (Lipinski definition) is 0. The van der Waals surface area contributed by atoms with Gasteiger partial charge in [0.25, 0.3) is 0 Å². The van der Waals surface area contributed by atoms with Gasteiger partial charge in [-0.05, 0) is 43.0 Å². The molecular formula is C17H18ClN3O. The molecule has 1 aromatic carbocycles. The van der Waals surface area contributed by atoms with E-state index in [-0.39, 0.29) is 0 Å². The number of piperidine rings is 1. The third-order valence-corrected chi connectivity index (χ3v) is 4.36. The molecule has 0 amide bonds. The molecule has 4 nitrogen and oxygen atoms in total. The second kappa shape index (κ2) is 6.51. The molecule has 0 spiro atoms. The second-order valence-electron chi connectivity index (χ2n) is 5.71. The highest BCUT2D eigenvalue weighted by Crippen LogP contribution is 2.28. The number of pyridine rings is 1. The summed E-state index contributed by atoms with van der Waals surface area (Å²) in [5.74, 6) is 1.39. The van der Waals surface area contributed by atoms with Gasteiger partial charge in [-0.2, -0.15) is 5.26 Å². The van der Waals surface area contributed by atoms with E-state index in [0.717, 1.165) is 42.8 Å². The third kappa shape index (κ3) is 3.01. The molecule has 0 saturated carbocycles. The van der Waals surface area contributed by atoms with Crippen LogP contribution >= 0.6 is 11.6 Å². The van der Waals surface area contributed by atoms with E-state index in [2.05, 4.69) is 11.0 Å². The number of hydrogen-bond acceptors (Lipinski definition) is 4. The van der Waals surface area contributed by atoms with Crippen LogP contribution < -0.4 is 4.90 Å². The largest absolute Gasteiger partial charge is 0.384 e. The highest BCUT2D eigenvalue weighted by Gasteiger charge is 2.21. The first-order valence-corrected chi connectivity index (χ1v) is 7.83. The number of aromatic nitrogens is 1. The van der Waals surface area contributed by atoms with Gasteiger partial charge in [-0.15, -0.1) is 0 Å². The van der Waals surface area contributed by atoms with E-state index in [0.29, 0.717) is 16.5 Å². The Balaban J connectivity index is 1.97. The lowest BCUT2D eigenvalue weighted by atomic mass is 9.98. The summed E-state index contributed by atoms with van der Waals surface area (Å²) >= 11 is 6.03. The lowest BCUT2D eigenvalue weighted by Gasteiger charge is -2.33. The van der Waals surface area contributed by atoms with Crippen molar-refractivity contribution < 1.29 is 4.74 Å². The molecule has 1 fully saturated rings. The standard InChI is InChI=1S/C17H18ClN3O/c1-22-11-12-3-2-6-21(10-12)17-7-13(9-19)15-8-14(18)4-5-16(15)20-17/h4-5,7-8,12H,2-3,6,10-11H2,1H3. The summed E-state index contributed by atoms with van der Waals surface area (Å²) in [6.07, 6.45) is 2.30. The quantitative estimate of drug-likeness (QED) is 0.868. The minimum atomic E-state index is 0.520. The lowest BCUT2D eigenvalue weighted by Crippen LogP contribution is -2.37. The minimum absolute atomic E-state index is 0.520. The number of rotatable bonds is 3. The number of fused-ring (bicyclic) bond motifs is 1. The molecule has 1 saturated heterocycles. The molecule has 2 heterocycles. The van der Waals surface area contributed by atoms with Crippen molar-refractivity contribution in [3.63, 3.8) is 0 Å². The first-order valence-electron chi connectivity index (χ1n) is 7.45. The fourth-order valence-electron chi connectivity index (χ4n) is 3.08. The maximum Gasteiger partial charge on any atom is 0.130 e. The van der Waals surface area contributed by atoms with E-state index >= 15 is 0 Å². The van der Waals surface area contributed by atoms with Gasteiger partial charge in [0.2, 0.25) is 0 Å². The Hall–Kier alpha value is -1.83. The van der Waals surface area contributed by atoms with Gasteiger partial charge in [0.1, 0.15) is 5.82 Å². The van der Waals surface area contributed by atoms with Crippen molar-refractivity contribution in [2.24, 2.45) is 5.92 Å². The zero-order chi connectivity index (χ0) is 15.5. The SMILES string of the molecule is COCC1CCCN(c2cc(C#N)c3cc(Cl)ccc3n2)C1. The fraction of sp³-hybridized carbons (Fsp3) is 0.412. The van der Waals surface area contributed by atoms with E-state index < -0.39 is 0 Å². The molecule has 1 atom stereocenters. The highest BCUT2D eigenvalue weighted by atomic mass is 35.5. The van der Waals surface area contributed by atoms with Gasteiger partial charge in [0.15, 0.2) is 0 Å². The molecule has 1 aromatic heterocycles. The van der Waals surface area contributed by atoms with Crippen molar-refractivity contribution in [3.05, 3.63) is 34.9 Å². The smallest absolute Gasteiger partial charge is 0.130 e. The number of anilines is 1. The molecule has 2 aromatic rings. The molecule has 3 rings (SSSR count). The van der Waals surface area contributed by atoms with Gasteiger partial charge in [0.05, 0.1) is 23.8 Å². The first kappa shape index (κ1) is 15.1. The minimum Gasteiger partial charge on any atom is -0.384 e. The van der Waals surface area contributed by atoms with Crippen LogP contribution in [-0.4, -0.2) is 31.8 Å². The predicted octanol–water partition coefficient (Wildman–Crippen LogP) is 3.62. The summed E-state index contributed by atoms with van der Waals surface area (Å²) < 4.78 is 5.28. The number of nitriles is 1. The Bertz CT molecular complexity index is 724. The van der Waals surface area contributed by atoms with Crippen LogP contribution in [0.3, 0.4) is 0 Å². The van der Waals surface area contributed by atoms with E-state index in [1.54, 1.807) is 13.2 Å². The Morgan fingerprint density at radius 3 is 3.09 bits per heavy atom. The number of benzene rings is 1. The molecule has 1 unspecified atom stereocenters. The summed E-state index contributed by atoms with van der Waals surface area (Å²) in [7, 11) is 1.74. The van der Waals surface area contributed by atoms with Crippen LogP contribution in [0.5, 0.6) is 0 Å². The van der Waals surface area contributed by atoms with Gasteiger partial charge < -0.3 is 9.64 Å². The average Bonchev–Trinajstić information content (AvgIpc) is 2.54. The van der Waals surface area contributed by atoms with E-state index in [4.69, 9.17) is 21.3 Å². The van der Waals surface area contributed by atoms with Gasteiger partial charge in [-0.25, -0.2) is 4.98 Å². The van der Waals surface area contributed by atoms with Crippen molar-refractivity contribution >= 4 is 28.3 Å². The predicted molar refractivity (Wildman–Crippen MR) is 88.3 cm³/mol. The van der Waals surface area contributed by atoms with Crippen molar-refractivity contribution in [1.82, 2.24) is 4.98 Å². The van der Waals surface area contributed by atoms with Gasteiger partial charge in [-0.3, -0.25) is 0 Å². The van der Waals surface area contributed by atoms with Crippen LogP contribution in [0, 0.1) is 17.2 Å². The monoisotopic (exact) mass is 315 g/mol. The highest BCUT2D eigenvalue weighted by molar-refractivity contribution is 6.31. The molecule has 0 aliphatic carbocycles. The number of halogens is 1. The zero-order valence-electron chi connectivity index (χ0n) is 12.6. The first-order chi connectivity index (χ1) is 10.7. The van der Waals surface area contributed by atoms with Crippen LogP contribution in [0.1, 0.15) is 18.4 Å². The van der Waals surface area contributed by atoms with Crippen molar-refractivity contribution in [2.75, 3.05) is 31.7 Å². The average molecular weight is 316 g/mol. The van der Waals surface area contributed by atoms with Crippen molar-refractivity contribution in [3.8, 4) is 6.07 Å². The van der Waals surface area contributed by atoms with Gasteiger partial charge in [0, 0.05) is 30.6 Å². The number of methoxy groups -OCH3 is 1. The van der Waals surface area contributed by atoms with E-state index in [1.807, 2.05) is 18.2 Å². The van der Waals surface area contributed by atoms with Crippen LogP contribution in [0.15, 0.2) is 24.3 Å². The Morgan fingerprint density at radius 1 is 1.45 bits per heavy atom. The normalized spacial score (nSPS) is 18.4. The van der Waals surface area contributed by atoms with Crippen molar-refractivity contribution in [1.29, 1.82) is 5.26 Å². The number of ether oxygens (including phenoxy) is 1. The molecule has 0 bridgehead atoms.